The minimum atomic E-state index is 0.332. The molecule has 2 heteroatoms. The Morgan fingerprint density at radius 1 is 0.786 bits per heavy atom. The van der Waals surface area contributed by atoms with E-state index in [0.29, 0.717) is 29.8 Å². The molecule has 0 aliphatic rings. The lowest BCUT2D eigenvalue weighted by molar-refractivity contribution is 0.380. The standard InChI is InChI=1S/C26H38N2/c1-19(2)27-17-21(5)25(23-13-9-7-10-14-23)26(22(6)18-28-20(3)4)24-15-11-8-12-16-24/h7-17,19-20,22,25-28H,18H2,1-6H3/b21-17+/t22-,25+,26+/m1/s1. The summed E-state index contributed by atoms with van der Waals surface area (Å²) in [6.07, 6.45) is 2.22. The quantitative estimate of drug-likeness (QED) is 0.523. The lowest BCUT2D eigenvalue weighted by Gasteiger charge is -2.34. The van der Waals surface area contributed by atoms with Crippen molar-refractivity contribution in [1.29, 1.82) is 0 Å². The number of benzene rings is 2. The summed E-state index contributed by atoms with van der Waals surface area (Å²) in [6, 6.07) is 22.9. The molecule has 0 saturated carbocycles. The first-order chi connectivity index (χ1) is 13.4. The van der Waals surface area contributed by atoms with Crippen LogP contribution in [0.4, 0.5) is 0 Å². The molecular weight excluding hydrogens is 340 g/mol. The van der Waals surface area contributed by atoms with Crippen LogP contribution in [0.25, 0.3) is 0 Å². The van der Waals surface area contributed by atoms with Crippen LogP contribution in [-0.4, -0.2) is 18.6 Å². The maximum Gasteiger partial charge on any atom is 0.0199 e. The Morgan fingerprint density at radius 2 is 1.32 bits per heavy atom. The SMILES string of the molecule is C/C(=C\NC(C)C)[C@@H](c1ccccc1)[C@H](c1ccccc1)[C@H](C)CNC(C)C. The summed E-state index contributed by atoms with van der Waals surface area (Å²) in [5, 5.41) is 7.17. The van der Waals surface area contributed by atoms with Crippen LogP contribution in [0.2, 0.25) is 0 Å². The molecule has 28 heavy (non-hydrogen) atoms. The Morgan fingerprint density at radius 3 is 1.82 bits per heavy atom. The summed E-state index contributed by atoms with van der Waals surface area (Å²) >= 11 is 0. The summed E-state index contributed by atoms with van der Waals surface area (Å²) in [5.41, 5.74) is 4.17. The van der Waals surface area contributed by atoms with E-state index in [-0.39, 0.29) is 0 Å². The van der Waals surface area contributed by atoms with Crippen LogP contribution in [0.5, 0.6) is 0 Å². The molecule has 0 fully saturated rings. The van der Waals surface area contributed by atoms with Gasteiger partial charge < -0.3 is 10.6 Å². The second-order valence-electron chi connectivity index (χ2n) is 8.57. The predicted octanol–water partition coefficient (Wildman–Crippen LogP) is 6.09. The van der Waals surface area contributed by atoms with Gasteiger partial charge in [0.05, 0.1) is 0 Å². The molecule has 0 heterocycles. The average molecular weight is 379 g/mol. The molecule has 0 spiro atoms. The van der Waals surface area contributed by atoms with Crippen LogP contribution in [0, 0.1) is 5.92 Å². The zero-order valence-corrected chi connectivity index (χ0v) is 18.4. The molecule has 0 amide bonds. The van der Waals surface area contributed by atoms with Crippen molar-refractivity contribution in [3.8, 4) is 0 Å². The highest BCUT2D eigenvalue weighted by molar-refractivity contribution is 5.36. The lowest BCUT2D eigenvalue weighted by atomic mass is 9.71. The maximum atomic E-state index is 3.66. The fourth-order valence-corrected chi connectivity index (χ4v) is 3.88. The van der Waals surface area contributed by atoms with Crippen LogP contribution in [0.3, 0.4) is 0 Å². The van der Waals surface area contributed by atoms with E-state index >= 15 is 0 Å². The largest absolute Gasteiger partial charge is 0.389 e. The fraction of sp³-hybridized carbons (Fsp3) is 0.462. The number of hydrogen-bond acceptors (Lipinski definition) is 2. The van der Waals surface area contributed by atoms with Crippen LogP contribution in [0.1, 0.15) is 64.5 Å². The van der Waals surface area contributed by atoms with Gasteiger partial charge in [0.25, 0.3) is 0 Å². The van der Waals surface area contributed by atoms with Gasteiger partial charge in [-0.25, -0.2) is 0 Å². The van der Waals surface area contributed by atoms with Gasteiger partial charge in [-0.05, 0) is 62.1 Å². The van der Waals surface area contributed by atoms with Crippen molar-refractivity contribution < 1.29 is 0 Å². The van der Waals surface area contributed by atoms with Crippen molar-refractivity contribution in [2.75, 3.05) is 6.54 Å². The average Bonchev–Trinajstić information content (AvgIpc) is 2.69. The van der Waals surface area contributed by atoms with Crippen LogP contribution >= 0.6 is 0 Å². The van der Waals surface area contributed by atoms with Crippen LogP contribution < -0.4 is 10.6 Å². The topological polar surface area (TPSA) is 24.1 Å². The van der Waals surface area contributed by atoms with Gasteiger partial charge in [0.2, 0.25) is 0 Å². The van der Waals surface area contributed by atoms with Crippen LogP contribution in [0.15, 0.2) is 72.4 Å². The molecule has 0 radical (unpaired) electrons. The normalized spacial score (nSPS) is 15.5. The summed E-state index contributed by atoms with van der Waals surface area (Å²) in [4.78, 5) is 0. The highest BCUT2D eigenvalue weighted by atomic mass is 14.9. The minimum Gasteiger partial charge on any atom is -0.389 e. The van der Waals surface area contributed by atoms with Gasteiger partial charge in [-0.2, -0.15) is 0 Å². The number of hydrogen-bond donors (Lipinski definition) is 2. The smallest absolute Gasteiger partial charge is 0.0199 e. The van der Waals surface area contributed by atoms with Crippen molar-refractivity contribution >= 4 is 0 Å². The third kappa shape index (κ3) is 6.53. The third-order valence-electron chi connectivity index (χ3n) is 5.30. The highest BCUT2D eigenvalue weighted by Crippen LogP contribution is 2.42. The zero-order valence-electron chi connectivity index (χ0n) is 18.4. The van der Waals surface area contributed by atoms with E-state index < -0.39 is 0 Å². The van der Waals surface area contributed by atoms with E-state index in [1.807, 2.05) is 0 Å². The molecule has 152 valence electrons. The molecule has 2 aromatic rings. The lowest BCUT2D eigenvalue weighted by Crippen LogP contribution is -2.33. The Balaban J connectivity index is 2.49. The molecule has 2 rings (SSSR count). The van der Waals surface area contributed by atoms with Gasteiger partial charge >= 0.3 is 0 Å². The van der Waals surface area contributed by atoms with E-state index in [1.54, 1.807) is 0 Å². The van der Waals surface area contributed by atoms with Crippen molar-refractivity contribution in [3.05, 3.63) is 83.6 Å². The Bertz CT molecular complexity index is 704. The van der Waals surface area contributed by atoms with Crippen molar-refractivity contribution in [1.82, 2.24) is 10.6 Å². The first-order valence-electron chi connectivity index (χ1n) is 10.7. The highest BCUT2D eigenvalue weighted by Gasteiger charge is 2.30. The first-order valence-corrected chi connectivity index (χ1v) is 10.7. The molecule has 0 saturated heterocycles. The van der Waals surface area contributed by atoms with E-state index in [0.717, 1.165) is 6.54 Å². The van der Waals surface area contributed by atoms with E-state index in [2.05, 4.69) is 119 Å². The second-order valence-corrected chi connectivity index (χ2v) is 8.57. The molecular formula is C26H38N2. The van der Waals surface area contributed by atoms with Crippen molar-refractivity contribution in [2.24, 2.45) is 5.92 Å². The third-order valence-corrected chi connectivity index (χ3v) is 5.30. The maximum absolute atomic E-state index is 3.66. The summed E-state index contributed by atoms with van der Waals surface area (Å²) in [6.45, 7) is 14.5. The van der Waals surface area contributed by atoms with Gasteiger partial charge in [-0.1, -0.05) is 81.4 Å². The van der Waals surface area contributed by atoms with E-state index in [4.69, 9.17) is 0 Å². The van der Waals surface area contributed by atoms with Crippen LogP contribution in [-0.2, 0) is 0 Å². The number of allylic oxidation sites excluding steroid dienone is 1. The molecule has 0 bridgehead atoms. The van der Waals surface area contributed by atoms with Gasteiger partial charge in [0.15, 0.2) is 0 Å². The van der Waals surface area contributed by atoms with Gasteiger partial charge in [-0.15, -0.1) is 0 Å². The molecule has 0 aliphatic carbocycles. The molecule has 0 unspecified atom stereocenters. The molecule has 2 N–H and O–H groups in total. The monoisotopic (exact) mass is 378 g/mol. The minimum absolute atomic E-state index is 0.332. The second kappa shape index (κ2) is 11.1. The summed E-state index contributed by atoms with van der Waals surface area (Å²) in [7, 11) is 0. The Labute approximate surface area is 172 Å². The molecule has 2 nitrogen and oxygen atoms in total. The number of rotatable bonds is 10. The number of nitrogens with one attached hydrogen (secondary N) is 2. The summed E-state index contributed by atoms with van der Waals surface area (Å²) in [5.74, 6) is 1.23. The Hall–Kier alpha value is -2.06. The van der Waals surface area contributed by atoms with E-state index in [1.165, 1.54) is 16.7 Å². The predicted molar refractivity (Wildman–Crippen MR) is 123 cm³/mol. The molecule has 2 aromatic carbocycles. The zero-order chi connectivity index (χ0) is 20.5. The fourth-order valence-electron chi connectivity index (χ4n) is 3.88. The summed E-state index contributed by atoms with van der Waals surface area (Å²) < 4.78 is 0. The van der Waals surface area contributed by atoms with Gasteiger partial charge in [0.1, 0.15) is 0 Å². The molecule has 3 atom stereocenters. The molecule has 0 aromatic heterocycles. The van der Waals surface area contributed by atoms with Crippen molar-refractivity contribution in [2.45, 2.75) is 65.5 Å². The molecule has 0 aliphatic heterocycles. The van der Waals surface area contributed by atoms with Gasteiger partial charge in [0, 0.05) is 18.0 Å². The van der Waals surface area contributed by atoms with Gasteiger partial charge in [-0.3, -0.25) is 0 Å². The van der Waals surface area contributed by atoms with Crippen molar-refractivity contribution in [3.63, 3.8) is 0 Å². The first kappa shape index (κ1) is 22.2. The Kier molecular flexibility index (Phi) is 8.79. The van der Waals surface area contributed by atoms with E-state index in [9.17, 15) is 0 Å².